The molecular formula is C94H139N15O21. The van der Waals surface area contributed by atoms with Gasteiger partial charge in [-0.2, -0.15) is 0 Å². The van der Waals surface area contributed by atoms with Gasteiger partial charge in [-0.3, -0.25) is 57.5 Å². The summed E-state index contributed by atoms with van der Waals surface area (Å²) in [6, 6.07) is -4.42. The number of ketones is 3. The molecule has 0 bridgehead atoms. The van der Waals surface area contributed by atoms with Crippen LogP contribution < -0.4 is 65.1 Å². The van der Waals surface area contributed by atoms with Crippen molar-refractivity contribution in [3.63, 3.8) is 0 Å². The summed E-state index contributed by atoms with van der Waals surface area (Å²) in [4.78, 5) is 238. The lowest BCUT2D eigenvalue weighted by atomic mass is 9.80. The molecule has 12 fully saturated rings. The van der Waals surface area contributed by atoms with Gasteiger partial charge >= 0.3 is 36.0 Å². The number of likely N-dealkylation sites (tertiary alicyclic amines) is 3. The van der Waals surface area contributed by atoms with Gasteiger partial charge in [-0.1, -0.05) is 210 Å². The average Bonchev–Trinajstić information content (AvgIpc) is 1.53. The Morgan fingerprint density at radius 2 is 0.700 bits per heavy atom. The Morgan fingerprint density at radius 1 is 0.385 bits per heavy atom. The number of fused-ring (bicyclic) bond motifs is 4. The first-order chi connectivity index (χ1) is 60.8. The van der Waals surface area contributed by atoms with E-state index in [2.05, 4.69) is 61.7 Å². The van der Waals surface area contributed by atoms with E-state index in [9.17, 15) is 102 Å². The lowest BCUT2D eigenvalue weighted by Crippen LogP contribution is -2.64. The molecule has 10 aliphatic carbocycles. The van der Waals surface area contributed by atoms with Crippen LogP contribution in [0, 0.1) is 92.2 Å². The molecule has 15 amide bonds. The number of carboxylic acids is 3. The Labute approximate surface area is 759 Å². The molecule has 1 aromatic rings. The molecule has 14 rings (SSSR count). The highest BCUT2D eigenvalue weighted by atomic mass is 16.4. The van der Waals surface area contributed by atoms with Crippen molar-refractivity contribution in [3.05, 3.63) is 35.4 Å². The van der Waals surface area contributed by atoms with Crippen molar-refractivity contribution in [1.29, 1.82) is 0 Å². The first-order valence-electron chi connectivity index (χ1n) is 47.2. The third-order valence-corrected chi connectivity index (χ3v) is 31.7. The zero-order valence-electron chi connectivity index (χ0n) is 77.4. The van der Waals surface area contributed by atoms with Crippen LogP contribution in [0.2, 0.25) is 0 Å². The third kappa shape index (κ3) is 21.5. The number of amides is 15. The van der Waals surface area contributed by atoms with Crippen LogP contribution in [-0.2, 0) is 84.8 Å². The highest BCUT2D eigenvalue weighted by Crippen LogP contribution is 2.67. The van der Waals surface area contributed by atoms with Gasteiger partial charge in [0.15, 0.2) is 0 Å². The predicted molar refractivity (Wildman–Crippen MR) is 471 cm³/mol. The summed E-state index contributed by atoms with van der Waals surface area (Å²) in [5, 5.41) is 54.2. The largest absolute Gasteiger partial charge is 0.480 e. The summed E-state index contributed by atoms with van der Waals surface area (Å²) in [6.45, 7) is 23.7. The van der Waals surface area contributed by atoms with E-state index in [-0.39, 0.29) is 87.2 Å². The van der Waals surface area contributed by atoms with Crippen molar-refractivity contribution in [1.82, 2.24) is 62.6 Å². The maximum atomic E-state index is 14.5. The van der Waals surface area contributed by atoms with Crippen LogP contribution in [0.5, 0.6) is 0 Å². The number of Topliss-reactive ketones (excluding diaryl/α,β-unsaturated/α-hetero) is 3. The summed E-state index contributed by atoms with van der Waals surface area (Å²) in [5.41, 5.74) is 13.1. The fourth-order valence-electron chi connectivity index (χ4n) is 22.9. The van der Waals surface area contributed by atoms with E-state index in [1.807, 2.05) is 52.0 Å². The number of carbonyl (C=O) groups is 18. The van der Waals surface area contributed by atoms with Crippen molar-refractivity contribution in [2.75, 3.05) is 19.6 Å². The summed E-state index contributed by atoms with van der Waals surface area (Å²) in [6.07, 6.45) is 18.7. The second kappa shape index (κ2) is 38.5. The Hall–Kier alpha value is -10.3. The van der Waals surface area contributed by atoms with Crippen LogP contribution in [0.1, 0.15) is 255 Å². The molecule has 3 heterocycles. The molecule has 130 heavy (non-hydrogen) atoms. The molecule has 0 aromatic heterocycles. The van der Waals surface area contributed by atoms with Gasteiger partial charge in [0.2, 0.25) is 52.8 Å². The maximum absolute atomic E-state index is 14.5. The molecule has 9 saturated carbocycles. The summed E-state index contributed by atoms with van der Waals surface area (Å²) in [5.74, 6) is -12.0. The van der Waals surface area contributed by atoms with E-state index >= 15 is 0 Å². The average molecular weight is 1820 g/mol. The molecule has 16 atom stereocenters. The molecule has 36 nitrogen and oxygen atoms in total. The van der Waals surface area contributed by atoms with E-state index in [1.54, 1.807) is 46.4 Å². The minimum absolute atomic E-state index is 0.0386. The second-order valence-electron chi connectivity index (χ2n) is 43.9. The number of hydrogen-bond donors (Lipinski definition) is 15. The molecule has 3 saturated heterocycles. The van der Waals surface area contributed by atoms with Crippen LogP contribution in [0.3, 0.4) is 0 Å². The number of carboxylic acid groups (broad SMARTS) is 3. The maximum Gasteiger partial charge on any atom is 0.329 e. The fourth-order valence-corrected chi connectivity index (χ4v) is 22.9. The standard InChI is InChI=1S/C34H47N5O7.C31H47N5O7.C29H45N5O7/c1-33(2,3)27(31(44)45)38-32(46)37-24(20-14-18-11-6-7-12-19(18)15-20)30(43)39-16-21-23(34(21,4)5)25(39)29(42)36-22(26(40)28(35)41)13-17-9-8-10-17;1-30(2)19-16-36(23(21(19)30)26(39)33-20(15-17-11-12-17)24(37)25(32)38)27(40)22(18-9-5-3-6-10-18)34-29(43)35-31(28(41)42)13-7-4-8-14-31;1-27(2,3)21(32-26(41)33-29(25(39)40)11-7-6-8-12-29)24(38)34-14-16-18(28(16,4)5)19(34)23(37)31-17(13-15-9-10-15)20(35)22(30)36/h6-7,11-12,17,20-25,27H,8-10,13-16H2,1-5H3,(H2,35,41)(H,36,42)(H,44,45)(H2,37,38,46);17-23H,3-16H2,1-2H3,(H2,32,38)(H,33,39)(H,41,42)(H2,34,35,43);15-19,21H,6-14H2,1-5H3,(H2,30,36)(H,31,37)(H,39,40)(H2,32,33,41)/t21-,22?,23-,24-,25-,27?;19-,20?,21-,22-,23-;16-,17?,18-,19-,21+/m000/s1. The Balaban J connectivity index is 0.000000177. The van der Waals surface area contributed by atoms with Gasteiger partial charge < -0.3 is 95.1 Å². The molecule has 18 N–H and O–H groups in total. The lowest BCUT2D eigenvalue weighted by molar-refractivity contribution is -0.146. The Kier molecular flexibility index (Phi) is 29.2. The zero-order chi connectivity index (χ0) is 95.3. The lowest BCUT2D eigenvalue weighted by Gasteiger charge is -2.39. The topological polar surface area (TPSA) is 564 Å². The van der Waals surface area contributed by atoms with E-state index in [1.165, 1.54) is 9.80 Å². The van der Waals surface area contributed by atoms with E-state index < -0.39 is 183 Å². The number of aliphatic carboxylic acids is 3. The normalized spacial score (nSPS) is 27.2. The van der Waals surface area contributed by atoms with Crippen LogP contribution in [0.4, 0.5) is 14.4 Å². The zero-order valence-corrected chi connectivity index (χ0v) is 77.4. The molecule has 3 aliphatic heterocycles. The molecule has 716 valence electrons. The van der Waals surface area contributed by atoms with Gasteiger partial charge in [-0.05, 0) is 174 Å². The number of benzene rings is 1. The first-order valence-corrected chi connectivity index (χ1v) is 47.2. The highest BCUT2D eigenvalue weighted by Gasteiger charge is 2.73. The summed E-state index contributed by atoms with van der Waals surface area (Å²) < 4.78 is 0. The summed E-state index contributed by atoms with van der Waals surface area (Å²) >= 11 is 0. The number of urea groups is 3. The Morgan fingerprint density at radius 3 is 1.02 bits per heavy atom. The number of rotatable bonds is 32. The number of nitrogens with two attached hydrogens (primary N) is 3. The number of hydrogen-bond acceptors (Lipinski definition) is 18. The van der Waals surface area contributed by atoms with E-state index in [0.717, 1.165) is 101 Å². The van der Waals surface area contributed by atoms with Crippen LogP contribution in [0.25, 0.3) is 0 Å². The van der Waals surface area contributed by atoms with Gasteiger partial charge in [0.1, 0.15) is 53.4 Å². The van der Waals surface area contributed by atoms with Gasteiger partial charge in [0, 0.05) is 19.6 Å². The number of nitrogens with one attached hydrogen (secondary N) is 9. The van der Waals surface area contributed by atoms with Crippen LogP contribution in [-0.4, -0.2) is 228 Å². The smallest absolute Gasteiger partial charge is 0.329 e. The second-order valence-corrected chi connectivity index (χ2v) is 43.9. The molecule has 1 aromatic carbocycles. The number of nitrogens with zero attached hydrogens (tertiary/aromatic N) is 3. The van der Waals surface area contributed by atoms with Crippen molar-refractivity contribution in [3.8, 4) is 0 Å². The minimum atomic E-state index is -1.39. The quantitative estimate of drug-likeness (QED) is 0.0425. The third-order valence-electron chi connectivity index (χ3n) is 31.7. The number of primary amides is 3. The van der Waals surface area contributed by atoms with Crippen LogP contribution >= 0.6 is 0 Å². The molecule has 36 heteroatoms. The van der Waals surface area contributed by atoms with Crippen molar-refractivity contribution < 1.29 is 102 Å². The highest BCUT2D eigenvalue weighted by molar-refractivity contribution is 6.39. The molecule has 13 aliphatic rings. The van der Waals surface area contributed by atoms with E-state index in [0.29, 0.717) is 103 Å². The van der Waals surface area contributed by atoms with E-state index in [4.69, 9.17) is 17.2 Å². The molecule has 4 unspecified atom stereocenters. The minimum Gasteiger partial charge on any atom is -0.480 e. The Bertz CT molecular complexity index is 4570. The van der Waals surface area contributed by atoms with Crippen molar-refractivity contribution in [2.45, 2.75) is 328 Å². The monoisotopic (exact) mass is 1810 g/mol. The SMILES string of the molecule is CC(C)(C)C(NC(=O)N[C@H](C(=O)N1C[C@H]2[C@@H]([C@H]1C(=O)NC(CC1CCC1)C(=O)C(N)=O)C2(C)C)C1Cc2ccccc2C1)C(=O)O.CC(C)(C)[C@H](NC(=O)NC1(C(=O)O)CCCCC1)C(=O)N1C[C@H]2[C@@H]([C@H]1C(=O)NC(CC1CC1)C(=O)C(N)=O)C2(C)C.CC1(C)[C@@H]2[C@@H](C(=O)NC(CC3CC3)C(=O)C(N)=O)N(C(=O)[C@@H](NC(=O)NC3(C(=O)O)CCCCC3)C3CCCCC3)C[C@@H]21. The van der Waals surface area contributed by atoms with Gasteiger partial charge in [-0.25, -0.2) is 28.8 Å². The van der Waals surface area contributed by atoms with Gasteiger partial charge in [0.05, 0.1) is 18.1 Å². The van der Waals surface area contributed by atoms with Gasteiger partial charge in [-0.15, -0.1) is 0 Å². The fraction of sp³-hybridized carbons (Fsp3) is 0.745. The van der Waals surface area contributed by atoms with Gasteiger partial charge in [0.25, 0.3) is 17.7 Å². The molecular weight excluding hydrogens is 1680 g/mol. The van der Waals surface area contributed by atoms with Crippen molar-refractivity contribution in [2.24, 2.45) is 109 Å². The summed E-state index contributed by atoms with van der Waals surface area (Å²) in [7, 11) is 0. The molecule has 0 spiro atoms. The first kappa shape index (κ1) is 98.7. The number of piperidine rings is 3. The van der Waals surface area contributed by atoms with Crippen LogP contribution in [0.15, 0.2) is 24.3 Å². The molecule has 0 radical (unpaired) electrons. The predicted octanol–water partition coefficient (Wildman–Crippen LogP) is 4.94. The number of carbonyl (C=O) groups excluding carboxylic acids is 15. The van der Waals surface area contributed by atoms with Crippen molar-refractivity contribution >= 4 is 107 Å².